The van der Waals surface area contributed by atoms with Crippen LogP contribution < -0.4 is 5.32 Å². The lowest BCUT2D eigenvalue weighted by Crippen LogP contribution is -2.46. The van der Waals surface area contributed by atoms with Crippen LogP contribution in [0.5, 0.6) is 0 Å². The molecule has 4 atom stereocenters. The molecule has 2 nitrogen and oxygen atoms in total. The second-order valence-corrected chi connectivity index (χ2v) is 7.49. The summed E-state index contributed by atoms with van der Waals surface area (Å²) in [6, 6.07) is 8.53. The Balaban J connectivity index is 2.21. The molecule has 4 unspecified atom stereocenters. The third-order valence-electron chi connectivity index (χ3n) is 4.53. The summed E-state index contributed by atoms with van der Waals surface area (Å²) in [5.41, 5.74) is 1.15. The van der Waals surface area contributed by atoms with Crippen molar-refractivity contribution in [2.75, 3.05) is 6.54 Å². The van der Waals surface area contributed by atoms with E-state index in [2.05, 4.69) is 32.2 Å². The Kier molecular flexibility index (Phi) is 5.79. The van der Waals surface area contributed by atoms with Crippen molar-refractivity contribution in [1.29, 1.82) is 0 Å². The van der Waals surface area contributed by atoms with E-state index in [1.807, 2.05) is 18.2 Å². The summed E-state index contributed by atoms with van der Waals surface area (Å²) >= 11 is 0. The van der Waals surface area contributed by atoms with Crippen LogP contribution in [0.25, 0.3) is 0 Å². The van der Waals surface area contributed by atoms with Crippen LogP contribution >= 0.6 is 0 Å². The molecule has 0 saturated heterocycles. The Labute approximate surface area is 125 Å². The minimum Gasteiger partial charge on any atom is -0.313 e. The van der Waals surface area contributed by atoms with Crippen molar-refractivity contribution in [2.24, 2.45) is 5.92 Å². The van der Waals surface area contributed by atoms with Crippen LogP contribution in [0.1, 0.15) is 45.1 Å². The highest BCUT2D eigenvalue weighted by Crippen LogP contribution is 2.32. The lowest BCUT2D eigenvalue weighted by Gasteiger charge is -2.36. The summed E-state index contributed by atoms with van der Waals surface area (Å²) in [5, 5.41) is 3.82. The number of hydrogen-bond donors (Lipinski definition) is 1. The minimum absolute atomic E-state index is 0.259. The van der Waals surface area contributed by atoms with Gasteiger partial charge in [-0.25, -0.2) is 0 Å². The maximum absolute atomic E-state index is 13.0. The second-order valence-electron chi connectivity index (χ2n) is 5.85. The number of aryl methyl sites for hydroxylation is 1. The molecule has 0 spiro atoms. The summed E-state index contributed by atoms with van der Waals surface area (Å²) in [6.07, 6.45) is 4.74. The van der Waals surface area contributed by atoms with Crippen LogP contribution in [0.3, 0.4) is 0 Å². The van der Waals surface area contributed by atoms with Gasteiger partial charge >= 0.3 is 0 Å². The van der Waals surface area contributed by atoms with Crippen LogP contribution in [0, 0.1) is 12.8 Å². The van der Waals surface area contributed by atoms with E-state index in [4.69, 9.17) is 0 Å². The van der Waals surface area contributed by atoms with E-state index in [1.165, 1.54) is 12.8 Å². The quantitative estimate of drug-likeness (QED) is 0.897. The van der Waals surface area contributed by atoms with Gasteiger partial charge in [0.1, 0.15) is 0 Å². The van der Waals surface area contributed by atoms with Crippen molar-refractivity contribution in [1.82, 2.24) is 5.32 Å². The van der Waals surface area contributed by atoms with Crippen molar-refractivity contribution >= 4 is 10.8 Å². The Morgan fingerprint density at radius 1 is 1.25 bits per heavy atom. The third kappa shape index (κ3) is 3.50. The van der Waals surface area contributed by atoms with E-state index in [0.717, 1.165) is 35.8 Å². The number of benzene rings is 1. The summed E-state index contributed by atoms with van der Waals surface area (Å²) in [6.45, 7) is 7.42. The van der Waals surface area contributed by atoms with Crippen LogP contribution in [-0.2, 0) is 10.8 Å². The maximum Gasteiger partial charge on any atom is 0.0579 e. The van der Waals surface area contributed by atoms with Crippen molar-refractivity contribution in [3.05, 3.63) is 29.8 Å². The van der Waals surface area contributed by atoms with E-state index in [1.54, 1.807) is 0 Å². The highest BCUT2D eigenvalue weighted by Gasteiger charge is 2.34. The lowest BCUT2D eigenvalue weighted by molar-refractivity contribution is 0.294. The van der Waals surface area contributed by atoms with Crippen molar-refractivity contribution in [3.63, 3.8) is 0 Å². The van der Waals surface area contributed by atoms with E-state index in [0.29, 0.717) is 6.04 Å². The molecule has 0 aliphatic heterocycles. The molecule has 0 heterocycles. The minimum atomic E-state index is -0.898. The molecular formula is C17H27NOS. The molecule has 2 rings (SSSR count). The molecule has 1 fully saturated rings. The van der Waals surface area contributed by atoms with Gasteiger partial charge in [0.15, 0.2) is 0 Å². The molecule has 20 heavy (non-hydrogen) atoms. The number of nitrogens with one attached hydrogen (secondary N) is 1. The Morgan fingerprint density at radius 2 is 2.00 bits per heavy atom. The fraction of sp³-hybridized carbons (Fsp3) is 0.647. The summed E-state index contributed by atoms with van der Waals surface area (Å²) in [7, 11) is -0.898. The van der Waals surface area contributed by atoms with Crippen LogP contribution in [-0.4, -0.2) is 22.0 Å². The molecule has 0 amide bonds. The van der Waals surface area contributed by atoms with Gasteiger partial charge in [-0.2, -0.15) is 0 Å². The Bertz CT molecular complexity index is 460. The van der Waals surface area contributed by atoms with Gasteiger partial charge in [0.2, 0.25) is 0 Å². The molecule has 1 aromatic rings. The van der Waals surface area contributed by atoms with Gasteiger partial charge in [0.25, 0.3) is 0 Å². The van der Waals surface area contributed by atoms with E-state index < -0.39 is 10.8 Å². The Hall–Kier alpha value is -0.670. The first kappa shape index (κ1) is 15.7. The lowest BCUT2D eigenvalue weighted by atomic mass is 9.84. The van der Waals surface area contributed by atoms with Gasteiger partial charge in [0, 0.05) is 10.9 Å². The second kappa shape index (κ2) is 7.37. The smallest absolute Gasteiger partial charge is 0.0579 e. The highest BCUT2D eigenvalue weighted by molar-refractivity contribution is 7.85. The van der Waals surface area contributed by atoms with Crippen LogP contribution in [0.2, 0.25) is 0 Å². The first-order chi connectivity index (χ1) is 9.67. The summed E-state index contributed by atoms with van der Waals surface area (Å²) in [5.74, 6) is 0.739. The van der Waals surface area contributed by atoms with Gasteiger partial charge < -0.3 is 5.32 Å². The zero-order valence-electron chi connectivity index (χ0n) is 12.9. The third-order valence-corrected chi connectivity index (χ3v) is 6.49. The molecule has 0 bridgehead atoms. The fourth-order valence-electron chi connectivity index (χ4n) is 3.26. The van der Waals surface area contributed by atoms with Gasteiger partial charge in [-0.1, -0.05) is 38.5 Å². The van der Waals surface area contributed by atoms with Crippen molar-refractivity contribution < 1.29 is 4.21 Å². The molecular weight excluding hydrogens is 266 g/mol. The molecule has 1 saturated carbocycles. The van der Waals surface area contributed by atoms with Crippen LogP contribution in [0.4, 0.5) is 0 Å². The number of hydrogen-bond acceptors (Lipinski definition) is 2. The summed E-state index contributed by atoms with van der Waals surface area (Å²) < 4.78 is 13.0. The topological polar surface area (TPSA) is 29.1 Å². The van der Waals surface area contributed by atoms with Gasteiger partial charge in [-0.15, -0.1) is 0 Å². The monoisotopic (exact) mass is 293 g/mol. The summed E-state index contributed by atoms with van der Waals surface area (Å²) in [4.78, 5) is 1.03. The van der Waals surface area contributed by atoms with Crippen LogP contribution in [0.15, 0.2) is 29.2 Å². The predicted octanol–water partition coefficient (Wildman–Crippen LogP) is 3.66. The molecule has 0 radical (unpaired) electrons. The number of rotatable bonds is 5. The normalized spacial score (nSPS) is 28.2. The largest absolute Gasteiger partial charge is 0.313 e. The van der Waals surface area contributed by atoms with Crippen molar-refractivity contribution in [3.8, 4) is 0 Å². The molecule has 1 aliphatic carbocycles. The zero-order chi connectivity index (χ0) is 14.5. The Morgan fingerprint density at radius 3 is 2.65 bits per heavy atom. The van der Waals surface area contributed by atoms with Crippen molar-refractivity contribution in [2.45, 2.75) is 62.6 Å². The average Bonchev–Trinajstić information content (AvgIpc) is 2.48. The van der Waals surface area contributed by atoms with E-state index >= 15 is 0 Å². The SMILES string of the molecule is CCNC1CCC(CC)CC1S(=O)c1ccccc1C. The highest BCUT2D eigenvalue weighted by atomic mass is 32.2. The van der Waals surface area contributed by atoms with Gasteiger partial charge in [-0.05, 0) is 50.3 Å². The zero-order valence-corrected chi connectivity index (χ0v) is 13.7. The standard InChI is InChI=1S/C17H27NOS/c1-4-14-10-11-15(18-5-2)17(12-14)20(19)16-9-7-6-8-13(16)3/h6-9,14-15,17-18H,4-5,10-12H2,1-3H3. The first-order valence-corrected chi connectivity index (χ1v) is 9.08. The predicted molar refractivity (Wildman–Crippen MR) is 86.5 cm³/mol. The molecule has 0 aromatic heterocycles. The van der Waals surface area contributed by atoms with E-state index in [-0.39, 0.29) is 5.25 Å². The fourth-order valence-corrected chi connectivity index (χ4v) is 5.16. The molecule has 1 aromatic carbocycles. The molecule has 1 N–H and O–H groups in total. The van der Waals surface area contributed by atoms with Gasteiger partial charge in [0.05, 0.1) is 16.0 Å². The first-order valence-electron chi connectivity index (χ1n) is 7.86. The maximum atomic E-state index is 13.0. The molecule has 112 valence electrons. The molecule has 3 heteroatoms. The molecule has 1 aliphatic rings. The van der Waals surface area contributed by atoms with Gasteiger partial charge in [-0.3, -0.25) is 4.21 Å². The average molecular weight is 293 g/mol. The van der Waals surface area contributed by atoms with E-state index in [9.17, 15) is 4.21 Å².